The molecule has 0 bridgehead atoms. The molecule has 1 aliphatic heterocycles. The van der Waals surface area contributed by atoms with Crippen LogP contribution < -0.4 is 0 Å². The Bertz CT molecular complexity index is 335. The molecule has 4 atom stereocenters. The second-order valence-electron chi connectivity index (χ2n) is 8.01. The first-order chi connectivity index (χ1) is 9.60. The summed E-state index contributed by atoms with van der Waals surface area (Å²) in [6, 6.07) is 0. The van der Waals surface area contributed by atoms with E-state index in [0.29, 0.717) is 0 Å². The van der Waals surface area contributed by atoms with Crippen LogP contribution in [0.25, 0.3) is 0 Å². The van der Waals surface area contributed by atoms with Crippen LogP contribution in [-0.2, 0) is 14.0 Å². The molecule has 1 aliphatic rings. The zero-order valence-corrected chi connectivity index (χ0v) is 15.9. The first-order valence-electron chi connectivity index (χ1n) is 8.39. The van der Waals surface area contributed by atoms with Gasteiger partial charge in [-0.3, -0.25) is 0 Å². The van der Waals surface area contributed by atoms with Gasteiger partial charge in [0.15, 0.2) is 8.32 Å². The van der Waals surface area contributed by atoms with Crippen molar-refractivity contribution in [2.45, 2.75) is 96.7 Å². The van der Waals surface area contributed by atoms with Crippen LogP contribution in [0.3, 0.4) is 0 Å². The van der Waals surface area contributed by atoms with Gasteiger partial charge in [-0.2, -0.15) is 0 Å². The van der Waals surface area contributed by atoms with Crippen molar-refractivity contribution in [3.63, 3.8) is 0 Å². The standard InChI is InChI=1S/C17H34O3Si/c1-8-14(20-21(6,7)17(3,4)5)11-15-9-10-16(19-15)13(2)12-18/h12-16H,8-11H2,1-7H3/t13-,14+,15+,16-/m0/s1. The first-order valence-corrected chi connectivity index (χ1v) is 11.3. The van der Waals surface area contributed by atoms with Crippen molar-refractivity contribution in [1.82, 2.24) is 0 Å². The van der Waals surface area contributed by atoms with Gasteiger partial charge in [0.2, 0.25) is 0 Å². The lowest BCUT2D eigenvalue weighted by atomic mass is 10.0. The summed E-state index contributed by atoms with van der Waals surface area (Å²) in [6.45, 7) is 15.6. The van der Waals surface area contributed by atoms with Gasteiger partial charge in [-0.25, -0.2) is 0 Å². The third-order valence-corrected chi connectivity index (χ3v) is 9.73. The second-order valence-corrected chi connectivity index (χ2v) is 12.8. The van der Waals surface area contributed by atoms with Gasteiger partial charge >= 0.3 is 0 Å². The molecular formula is C17H34O3Si. The fourth-order valence-corrected chi connectivity index (χ4v) is 4.02. The fourth-order valence-electron chi connectivity index (χ4n) is 2.57. The summed E-state index contributed by atoms with van der Waals surface area (Å²) in [5.74, 6) is 0.0105. The number of ether oxygens (including phenoxy) is 1. The van der Waals surface area contributed by atoms with Gasteiger partial charge in [-0.05, 0) is 43.8 Å². The Morgan fingerprint density at radius 3 is 2.43 bits per heavy atom. The van der Waals surface area contributed by atoms with Crippen molar-refractivity contribution < 1.29 is 14.0 Å². The molecule has 3 nitrogen and oxygen atoms in total. The molecule has 0 spiro atoms. The Hall–Kier alpha value is -0.193. The topological polar surface area (TPSA) is 35.5 Å². The van der Waals surface area contributed by atoms with E-state index in [0.717, 1.165) is 32.0 Å². The van der Waals surface area contributed by atoms with Crippen LogP contribution in [0, 0.1) is 5.92 Å². The summed E-state index contributed by atoms with van der Waals surface area (Å²) in [6.07, 6.45) is 5.70. The quantitative estimate of drug-likeness (QED) is 0.510. The average molecular weight is 315 g/mol. The monoisotopic (exact) mass is 314 g/mol. The van der Waals surface area contributed by atoms with E-state index in [1.165, 1.54) is 0 Å². The van der Waals surface area contributed by atoms with E-state index < -0.39 is 8.32 Å². The van der Waals surface area contributed by atoms with E-state index >= 15 is 0 Å². The van der Waals surface area contributed by atoms with Gasteiger partial charge in [-0.15, -0.1) is 0 Å². The Morgan fingerprint density at radius 2 is 1.95 bits per heavy atom. The normalized spacial score (nSPS) is 26.6. The summed E-state index contributed by atoms with van der Waals surface area (Å²) in [5.41, 5.74) is 0. The zero-order chi connectivity index (χ0) is 16.3. The van der Waals surface area contributed by atoms with Gasteiger partial charge in [0, 0.05) is 12.0 Å². The van der Waals surface area contributed by atoms with Gasteiger partial charge in [0.05, 0.1) is 12.2 Å². The highest BCUT2D eigenvalue weighted by Gasteiger charge is 2.40. The first kappa shape index (κ1) is 18.9. The van der Waals surface area contributed by atoms with Gasteiger partial charge in [-0.1, -0.05) is 34.6 Å². The lowest BCUT2D eigenvalue weighted by Gasteiger charge is -2.39. The molecule has 0 amide bonds. The molecule has 1 saturated heterocycles. The number of hydrogen-bond donors (Lipinski definition) is 0. The molecule has 0 aromatic rings. The van der Waals surface area contributed by atoms with Crippen molar-refractivity contribution in [3.05, 3.63) is 0 Å². The summed E-state index contributed by atoms with van der Waals surface area (Å²) in [4.78, 5) is 10.9. The minimum atomic E-state index is -1.72. The van der Waals surface area contributed by atoms with Crippen LogP contribution in [0.1, 0.15) is 60.3 Å². The second kappa shape index (κ2) is 7.38. The van der Waals surface area contributed by atoms with E-state index in [4.69, 9.17) is 9.16 Å². The van der Waals surface area contributed by atoms with E-state index in [-0.39, 0.29) is 29.3 Å². The maximum absolute atomic E-state index is 10.9. The predicted octanol–water partition coefficient (Wildman–Crippen LogP) is 4.56. The average Bonchev–Trinajstić information content (AvgIpc) is 2.83. The Labute approximate surface area is 131 Å². The van der Waals surface area contributed by atoms with Crippen molar-refractivity contribution in [1.29, 1.82) is 0 Å². The van der Waals surface area contributed by atoms with Crippen LogP contribution in [0.4, 0.5) is 0 Å². The summed E-state index contributed by atoms with van der Waals surface area (Å²) < 4.78 is 12.6. The zero-order valence-electron chi connectivity index (χ0n) is 14.9. The smallest absolute Gasteiger partial charge is 0.192 e. The molecule has 0 aliphatic carbocycles. The van der Waals surface area contributed by atoms with E-state index in [1.807, 2.05) is 6.92 Å². The minimum absolute atomic E-state index is 0.0105. The fraction of sp³-hybridized carbons (Fsp3) is 0.941. The third-order valence-electron chi connectivity index (χ3n) is 5.19. The maximum atomic E-state index is 10.9. The maximum Gasteiger partial charge on any atom is 0.192 e. The molecule has 0 aromatic carbocycles. The van der Waals surface area contributed by atoms with Gasteiger partial charge in [0.1, 0.15) is 6.29 Å². The lowest BCUT2D eigenvalue weighted by molar-refractivity contribution is -0.115. The molecule has 4 heteroatoms. The molecule has 124 valence electrons. The highest BCUT2D eigenvalue weighted by Crippen LogP contribution is 2.38. The van der Waals surface area contributed by atoms with Crippen LogP contribution in [0.5, 0.6) is 0 Å². The van der Waals surface area contributed by atoms with E-state index in [9.17, 15) is 4.79 Å². The van der Waals surface area contributed by atoms with E-state index in [1.54, 1.807) is 0 Å². The van der Waals surface area contributed by atoms with Crippen molar-refractivity contribution >= 4 is 14.6 Å². The van der Waals surface area contributed by atoms with E-state index in [2.05, 4.69) is 40.8 Å². The van der Waals surface area contributed by atoms with Crippen molar-refractivity contribution in [2.24, 2.45) is 5.92 Å². The summed E-state index contributed by atoms with van der Waals surface area (Å²) in [7, 11) is -1.72. The minimum Gasteiger partial charge on any atom is -0.414 e. The van der Waals surface area contributed by atoms with Crippen LogP contribution in [0.2, 0.25) is 18.1 Å². The van der Waals surface area contributed by atoms with Crippen LogP contribution in [0.15, 0.2) is 0 Å². The number of rotatable bonds is 7. The molecule has 0 N–H and O–H groups in total. The molecule has 1 heterocycles. The number of hydrogen-bond acceptors (Lipinski definition) is 3. The SMILES string of the molecule is CC[C@H](C[C@H]1CC[C@@H]([C@@H](C)C=O)O1)O[Si](C)(C)C(C)(C)C. The van der Waals surface area contributed by atoms with Gasteiger partial charge in [0.25, 0.3) is 0 Å². The molecule has 1 rings (SSSR count). The predicted molar refractivity (Wildman–Crippen MR) is 90.1 cm³/mol. The highest BCUT2D eigenvalue weighted by molar-refractivity contribution is 6.74. The highest BCUT2D eigenvalue weighted by atomic mass is 28.4. The summed E-state index contributed by atoms with van der Waals surface area (Å²) in [5, 5.41) is 0.242. The number of carbonyl (C=O) groups excluding carboxylic acids is 1. The molecular weight excluding hydrogens is 280 g/mol. The summed E-state index contributed by atoms with van der Waals surface area (Å²) >= 11 is 0. The Balaban J connectivity index is 2.54. The van der Waals surface area contributed by atoms with Crippen LogP contribution >= 0.6 is 0 Å². The van der Waals surface area contributed by atoms with Crippen molar-refractivity contribution in [2.75, 3.05) is 0 Å². The van der Waals surface area contributed by atoms with Crippen molar-refractivity contribution in [3.8, 4) is 0 Å². The Kier molecular flexibility index (Phi) is 6.63. The molecule has 1 fully saturated rings. The number of aldehydes is 1. The molecule has 0 aromatic heterocycles. The van der Waals surface area contributed by atoms with Gasteiger partial charge < -0.3 is 14.0 Å². The third kappa shape index (κ3) is 5.18. The number of carbonyl (C=O) groups is 1. The molecule has 21 heavy (non-hydrogen) atoms. The lowest BCUT2D eigenvalue weighted by Crippen LogP contribution is -2.44. The molecule has 0 unspecified atom stereocenters. The Morgan fingerprint density at radius 1 is 1.33 bits per heavy atom. The van der Waals surface area contributed by atoms with Crippen LogP contribution in [-0.4, -0.2) is 32.9 Å². The molecule has 0 radical (unpaired) electrons. The largest absolute Gasteiger partial charge is 0.414 e. The molecule has 0 saturated carbocycles.